The van der Waals surface area contributed by atoms with Crippen molar-refractivity contribution in [2.75, 3.05) is 0 Å². The summed E-state index contributed by atoms with van der Waals surface area (Å²) in [7, 11) is -3.53. The van der Waals surface area contributed by atoms with Gasteiger partial charge in [-0.05, 0) is 55.3 Å². The van der Waals surface area contributed by atoms with Crippen LogP contribution >= 0.6 is 7.82 Å². The van der Waals surface area contributed by atoms with Crippen LogP contribution in [0.25, 0.3) is 21.8 Å². The van der Waals surface area contributed by atoms with Gasteiger partial charge in [0.2, 0.25) is 11.0 Å². The molecule has 1 aromatic heterocycles. The van der Waals surface area contributed by atoms with Gasteiger partial charge in [0.15, 0.2) is 0 Å². The second kappa shape index (κ2) is 12.8. The van der Waals surface area contributed by atoms with Crippen LogP contribution in [0.1, 0.15) is 39.3 Å². The minimum absolute atomic E-state index is 0. The molecule has 0 saturated carbocycles. The normalized spacial score (nSPS) is 10.6. The maximum atomic E-state index is 13.5. The molecule has 1 heterocycles. The third-order valence-electron chi connectivity index (χ3n) is 5.46. The Balaban J connectivity index is 0.00000228. The van der Waals surface area contributed by atoms with Crippen molar-refractivity contribution >= 4 is 41.6 Å². The summed E-state index contributed by atoms with van der Waals surface area (Å²) in [5.74, 6) is -1.85. The minimum Gasteiger partial charge on any atom is -0.780 e. The number of carbonyl (C=O) groups excluding carboxylic acids is 1. The van der Waals surface area contributed by atoms with Crippen molar-refractivity contribution in [2.45, 2.75) is 21.3 Å². The van der Waals surface area contributed by atoms with Gasteiger partial charge < -0.3 is 28.7 Å². The van der Waals surface area contributed by atoms with Crippen LogP contribution in [0.15, 0.2) is 54.6 Å². The first-order chi connectivity index (χ1) is 16.0. The van der Waals surface area contributed by atoms with Crippen LogP contribution in [0.2, 0.25) is 0 Å². The maximum absolute atomic E-state index is 13.5. The number of ether oxygens (including phenoxy) is 1. The molecule has 0 spiro atoms. The van der Waals surface area contributed by atoms with Crippen molar-refractivity contribution in [3.05, 3.63) is 76.9 Å². The molecule has 4 aromatic rings. The van der Waals surface area contributed by atoms with Crippen molar-refractivity contribution in [1.82, 2.24) is 0 Å². The molecule has 0 saturated heterocycles. The molecule has 0 bridgehead atoms. The van der Waals surface area contributed by atoms with E-state index in [4.69, 9.17) is 4.74 Å². The van der Waals surface area contributed by atoms with Crippen molar-refractivity contribution in [3.8, 4) is 11.5 Å². The Bertz CT molecular complexity index is 1530. The Kier molecular flexibility index (Phi) is 11.5. The van der Waals surface area contributed by atoms with E-state index in [0.717, 1.165) is 0 Å². The number of benzene rings is 3. The number of para-hydroxylation sites is 1. The number of phosphoric ester groups is 1. The Labute approximate surface area is 258 Å². The van der Waals surface area contributed by atoms with Gasteiger partial charge in [0.25, 0.3) is 0 Å². The van der Waals surface area contributed by atoms with E-state index in [1.807, 2.05) is 16.7 Å². The maximum Gasteiger partial charge on any atom is 1.00 e. The fourth-order valence-corrected chi connectivity index (χ4v) is 4.42. The van der Waals surface area contributed by atoms with Crippen molar-refractivity contribution in [2.24, 2.45) is 7.05 Å². The fraction of sp³-hybridized carbons (Fsp3) is 0.160. The molecule has 3 aromatic carbocycles. The molecular formula is C25H23NNa2O8P+. The number of aromatic nitrogens is 1. The van der Waals surface area contributed by atoms with E-state index in [-0.39, 0.29) is 89.2 Å². The number of phosphoric acid groups is 1. The standard InChI is InChI=1S/C24H20NO8P.CH4.2Na/c1-13-10-15(23(26)27)11-14(2)22(13)32-24(28)21-17-6-4-5-7-19(17)25(3)20-9-8-16(12-18(20)21)33-34(29,30)31;;;/h4-12H,1-3H3,(H2-,26,27,29,30,31);1H4;;/q;;2*+1/p-1. The Hall–Kier alpha value is -1.78. The second-order valence-corrected chi connectivity index (χ2v) is 8.88. The number of aromatic carboxylic acids is 1. The van der Waals surface area contributed by atoms with Gasteiger partial charge in [-0.25, -0.2) is 9.59 Å². The fourth-order valence-electron chi connectivity index (χ4n) is 4.04. The van der Waals surface area contributed by atoms with Crippen LogP contribution in [0, 0.1) is 13.8 Å². The van der Waals surface area contributed by atoms with E-state index in [9.17, 15) is 29.0 Å². The van der Waals surface area contributed by atoms with Gasteiger partial charge in [0, 0.05) is 12.1 Å². The molecule has 0 fully saturated rings. The number of hydrogen-bond acceptors (Lipinski definition) is 7. The van der Waals surface area contributed by atoms with Crippen LogP contribution in [0.3, 0.4) is 0 Å². The average Bonchev–Trinajstić information content (AvgIpc) is 2.75. The van der Waals surface area contributed by atoms with Gasteiger partial charge in [-0.1, -0.05) is 19.6 Å². The second-order valence-electron chi connectivity index (χ2n) is 7.80. The first kappa shape index (κ1) is 33.2. The molecule has 0 amide bonds. The average molecular weight is 542 g/mol. The van der Waals surface area contributed by atoms with E-state index in [0.29, 0.717) is 32.9 Å². The quantitative estimate of drug-likeness (QED) is 0.0713. The van der Waals surface area contributed by atoms with Gasteiger partial charge in [-0.2, -0.15) is 4.57 Å². The summed E-state index contributed by atoms with van der Waals surface area (Å²) in [6.45, 7) is 3.27. The first-order valence-electron chi connectivity index (χ1n) is 10.1. The monoisotopic (exact) mass is 542 g/mol. The molecule has 12 heteroatoms. The summed E-state index contributed by atoms with van der Waals surface area (Å²) in [6.07, 6.45) is 0. The molecule has 4 rings (SSSR count). The Morgan fingerprint density at radius 1 is 0.919 bits per heavy atom. The predicted molar refractivity (Wildman–Crippen MR) is 125 cm³/mol. The molecule has 37 heavy (non-hydrogen) atoms. The van der Waals surface area contributed by atoms with Crippen molar-refractivity contribution < 1.29 is 102 Å². The number of esters is 1. The van der Waals surface area contributed by atoms with Crippen LogP contribution in [0.4, 0.5) is 0 Å². The zero-order chi connectivity index (χ0) is 24.8. The van der Waals surface area contributed by atoms with Crippen LogP contribution < -0.4 is 82.7 Å². The summed E-state index contributed by atoms with van der Waals surface area (Å²) >= 11 is 0. The van der Waals surface area contributed by atoms with E-state index < -0.39 is 19.8 Å². The third-order valence-corrected chi connectivity index (χ3v) is 5.89. The number of nitrogens with zero attached hydrogens (tertiary/aromatic N) is 1. The molecule has 0 atom stereocenters. The van der Waals surface area contributed by atoms with Crippen LogP contribution in [-0.2, 0) is 11.6 Å². The number of rotatable bonds is 5. The summed E-state index contributed by atoms with van der Waals surface area (Å²) in [4.78, 5) is 47.1. The van der Waals surface area contributed by atoms with Crippen LogP contribution in [0.5, 0.6) is 11.5 Å². The first-order valence-corrected chi connectivity index (χ1v) is 11.5. The van der Waals surface area contributed by atoms with Crippen molar-refractivity contribution in [1.29, 1.82) is 0 Å². The summed E-state index contributed by atoms with van der Waals surface area (Å²) < 4.78 is 23.2. The largest absolute Gasteiger partial charge is 1.00 e. The number of carbonyl (C=O) groups is 2. The molecule has 0 aliphatic carbocycles. The molecule has 0 aliphatic rings. The van der Waals surface area contributed by atoms with E-state index in [2.05, 4.69) is 4.52 Å². The zero-order valence-corrected chi connectivity index (χ0v) is 25.3. The molecule has 0 unspecified atom stereocenters. The number of aryl methyl sites for hydroxylation is 3. The summed E-state index contributed by atoms with van der Waals surface area (Å²) in [5.41, 5.74) is 2.41. The minimum atomic E-state index is -5.32. The van der Waals surface area contributed by atoms with E-state index >= 15 is 0 Å². The van der Waals surface area contributed by atoms with Gasteiger partial charge in [0.05, 0.1) is 21.9 Å². The SMILES string of the molecule is C.Cc1cc(C(=O)O)cc(C)c1OC(=O)c1c2ccccc2[n+](C)c2ccc(OP(=O)([O-])[O-])cc12.[Na+].[Na+]. The van der Waals surface area contributed by atoms with E-state index in [1.165, 1.54) is 24.3 Å². The van der Waals surface area contributed by atoms with Gasteiger partial charge in [-0.15, -0.1) is 0 Å². The van der Waals surface area contributed by atoms with Gasteiger partial charge >= 0.3 is 71.1 Å². The number of hydrogen-bond donors (Lipinski definition) is 1. The summed E-state index contributed by atoms with van der Waals surface area (Å²) in [5, 5.41) is 10.1. The third kappa shape index (κ3) is 7.00. The summed E-state index contributed by atoms with van der Waals surface area (Å²) in [6, 6.07) is 14.1. The number of carboxylic acid groups (broad SMARTS) is 1. The molecule has 0 radical (unpaired) electrons. The number of carboxylic acids is 1. The smallest absolute Gasteiger partial charge is 0.780 e. The van der Waals surface area contributed by atoms with E-state index in [1.54, 1.807) is 39.1 Å². The van der Waals surface area contributed by atoms with Crippen molar-refractivity contribution in [3.63, 3.8) is 0 Å². The van der Waals surface area contributed by atoms with Gasteiger partial charge in [0.1, 0.15) is 26.4 Å². The molecule has 9 nitrogen and oxygen atoms in total. The number of pyridine rings is 1. The predicted octanol–water partition coefficient (Wildman–Crippen LogP) is -2.80. The Morgan fingerprint density at radius 2 is 1.49 bits per heavy atom. The molecule has 1 N–H and O–H groups in total. The molecular weight excluding hydrogens is 519 g/mol. The zero-order valence-electron chi connectivity index (χ0n) is 20.4. The topological polar surface area (TPSA) is 140 Å². The molecule has 0 aliphatic heterocycles. The van der Waals surface area contributed by atoms with Crippen LogP contribution in [-0.4, -0.2) is 17.0 Å². The Morgan fingerprint density at radius 3 is 2.05 bits per heavy atom. The number of fused-ring (bicyclic) bond motifs is 2. The molecule has 182 valence electrons. The van der Waals surface area contributed by atoms with Gasteiger partial charge in [-0.3, -0.25) is 0 Å².